The van der Waals surface area contributed by atoms with Crippen LogP contribution < -0.4 is 5.73 Å². The molecule has 0 radical (unpaired) electrons. The van der Waals surface area contributed by atoms with Crippen LogP contribution in [0.2, 0.25) is 0 Å². The van der Waals surface area contributed by atoms with E-state index in [0.717, 1.165) is 11.4 Å². The van der Waals surface area contributed by atoms with E-state index in [1.165, 1.54) is 12.1 Å². The Balaban J connectivity index is 2.39. The van der Waals surface area contributed by atoms with Gasteiger partial charge in [-0.05, 0) is 24.6 Å². The number of hydrogen-bond acceptors (Lipinski definition) is 2. The summed E-state index contributed by atoms with van der Waals surface area (Å²) in [5.41, 5.74) is 7.06. The highest BCUT2D eigenvalue weighted by Gasteiger charge is 2.08. The summed E-state index contributed by atoms with van der Waals surface area (Å²) >= 11 is 4.92. The molecule has 0 amide bonds. The minimum Gasteiger partial charge on any atom is -0.389 e. The zero-order valence-electron chi connectivity index (χ0n) is 9.35. The van der Waals surface area contributed by atoms with Crippen molar-refractivity contribution >= 4 is 17.2 Å². The van der Waals surface area contributed by atoms with Crippen molar-refractivity contribution in [3.8, 4) is 0 Å². The molecule has 0 spiro atoms. The van der Waals surface area contributed by atoms with Crippen LogP contribution in [-0.2, 0) is 6.54 Å². The Bertz CT molecular complexity index is 563. The average molecular weight is 249 g/mol. The van der Waals surface area contributed by atoms with Gasteiger partial charge in [0.05, 0.1) is 0 Å². The van der Waals surface area contributed by atoms with E-state index >= 15 is 0 Å². The first-order valence-electron chi connectivity index (χ1n) is 5.14. The largest absolute Gasteiger partial charge is 0.389 e. The van der Waals surface area contributed by atoms with Crippen molar-refractivity contribution in [1.82, 2.24) is 9.55 Å². The van der Waals surface area contributed by atoms with E-state index < -0.39 is 0 Å². The van der Waals surface area contributed by atoms with E-state index in [1.807, 2.05) is 17.7 Å². The Hall–Kier alpha value is -1.75. The summed E-state index contributed by atoms with van der Waals surface area (Å²) in [6.07, 6.45) is 3.58. The molecule has 0 aliphatic rings. The van der Waals surface area contributed by atoms with Gasteiger partial charge in [0.25, 0.3) is 0 Å². The third-order valence-electron chi connectivity index (χ3n) is 2.60. The smallest absolute Gasteiger partial charge is 0.123 e. The van der Waals surface area contributed by atoms with Crippen LogP contribution in [0.15, 0.2) is 30.6 Å². The fourth-order valence-electron chi connectivity index (χ4n) is 1.67. The molecule has 5 heteroatoms. The fraction of sp³-hybridized carbons (Fsp3) is 0.167. The lowest BCUT2D eigenvalue weighted by Crippen LogP contribution is -2.14. The van der Waals surface area contributed by atoms with Crippen LogP contribution in [0.4, 0.5) is 4.39 Å². The minimum atomic E-state index is -0.334. The number of nitrogens with two attached hydrogens (primary N) is 1. The first kappa shape index (κ1) is 11.7. The van der Waals surface area contributed by atoms with Gasteiger partial charge in [0, 0.05) is 24.5 Å². The Labute approximate surface area is 104 Å². The standard InChI is InChI=1S/C12H12FN3S/c1-8-15-4-5-16(8)7-9-2-3-10(13)6-11(9)12(14)17/h2-6H,7H2,1H3,(H2,14,17). The van der Waals surface area contributed by atoms with Gasteiger partial charge >= 0.3 is 0 Å². The number of hydrogen-bond donors (Lipinski definition) is 1. The van der Waals surface area contributed by atoms with E-state index in [1.54, 1.807) is 12.3 Å². The maximum atomic E-state index is 13.1. The molecule has 2 N–H and O–H groups in total. The second-order valence-electron chi connectivity index (χ2n) is 3.77. The number of aryl methyl sites for hydroxylation is 1. The first-order chi connectivity index (χ1) is 8.08. The number of benzene rings is 1. The third-order valence-corrected chi connectivity index (χ3v) is 2.82. The predicted molar refractivity (Wildman–Crippen MR) is 68.4 cm³/mol. The Morgan fingerprint density at radius 1 is 1.53 bits per heavy atom. The molecular weight excluding hydrogens is 237 g/mol. The van der Waals surface area contributed by atoms with Gasteiger partial charge in [-0.15, -0.1) is 0 Å². The molecular formula is C12H12FN3S. The average Bonchev–Trinajstić information content (AvgIpc) is 2.67. The minimum absolute atomic E-state index is 0.206. The Morgan fingerprint density at radius 2 is 2.29 bits per heavy atom. The van der Waals surface area contributed by atoms with E-state index in [0.29, 0.717) is 12.1 Å². The van der Waals surface area contributed by atoms with Gasteiger partial charge in [-0.1, -0.05) is 18.3 Å². The maximum Gasteiger partial charge on any atom is 0.123 e. The zero-order valence-corrected chi connectivity index (χ0v) is 10.2. The van der Waals surface area contributed by atoms with Gasteiger partial charge in [0.15, 0.2) is 0 Å². The molecule has 1 aromatic heterocycles. The van der Waals surface area contributed by atoms with E-state index in [-0.39, 0.29) is 10.8 Å². The molecule has 88 valence electrons. The molecule has 3 nitrogen and oxygen atoms in total. The van der Waals surface area contributed by atoms with Crippen molar-refractivity contribution < 1.29 is 4.39 Å². The van der Waals surface area contributed by atoms with E-state index in [4.69, 9.17) is 18.0 Å². The summed E-state index contributed by atoms with van der Waals surface area (Å²) < 4.78 is 15.1. The molecule has 0 aliphatic heterocycles. The molecule has 1 heterocycles. The van der Waals surface area contributed by atoms with Gasteiger partial charge in [-0.2, -0.15) is 0 Å². The normalized spacial score (nSPS) is 10.5. The highest BCUT2D eigenvalue weighted by molar-refractivity contribution is 7.80. The predicted octanol–water partition coefficient (Wildman–Crippen LogP) is 2.01. The lowest BCUT2D eigenvalue weighted by molar-refractivity contribution is 0.625. The Morgan fingerprint density at radius 3 is 2.88 bits per heavy atom. The number of thiocarbonyl (C=S) groups is 1. The summed E-state index contributed by atoms with van der Waals surface area (Å²) in [5.74, 6) is 0.558. The van der Waals surface area contributed by atoms with E-state index in [9.17, 15) is 4.39 Å². The summed E-state index contributed by atoms with van der Waals surface area (Å²) in [6.45, 7) is 2.49. The molecule has 2 rings (SSSR count). The van der Waals surface area contributed by atoms with Crippen molar-refractivity contribution in [2.24, 2.45) is 5.73 Å². The number of nitrogens with zero attached hydrogens (tertiary/aromatic N) is 2. The van der Waals surface area contributed by atoms with Gasteiger partial charge in [0.2, 0.25) is 0 Å². The topological polar surface area (TPSA) is 43.8 Å². The summed E-state index contributed by atoms with van der Waals surface area (Å²) in [4.78, 5) is 4.34. The highest BCUT2D eigenvalue weighted by atomic mass is 32.1. The lowest BCUT2D eigenvalue weighted by atomic mass is 10.1. The number of imidazole rings is 1. The van der Waals surface area contributed by atoms with Crippen LogP contribution in [0.1, 0.15) is 17.0 Å². The molecule has 0 aliphatic carbocycles. The Kier molecular flexibility index (Phi) is 3.19. The number of halogens is 1. The van der Waals surface area contributed by atoms with Gasteiger partial charge < -0.3 is 10.3 Å². The molecule has 0 saturated heterocycles. The maximum absolute atomic E-state index is 13.1. The van der Waals surface area contributed by atoms with Gasteiger partial charge in [-0.25, -0.2) is 9.37 Å². The quantitative estimate of drug-likeness (QED) is 0.846. The lowest BCUT2D eigenvalue weighted by Gasteiger charge is -2.10. The van der Waals surface area contributed by atoms with Crippen molar-refractivity contribution in [2.45, 2.75) is 13.5 Å². The molecule has 0 saturated carbocycles. The van der Waals surface area contributed by atoms with Crippen LogP contribution in [0.25, 0.3) is 0 Å². The number of rotatable bonds is 3. The van der Waals surface area contributed by atoms with Crippen molar-refractivity contribution in [3.63, 3.8) is 0 Å². The summed E-state index contributed by atoms with van der Waals surface area (Å²) in [6, 6.07) is 4.47. The van der Waals surface area contributed by atoms with Crippen LogP contribution in [-0.4, -0.2) is 14.5 Å². The second kappa shape index (κ2) is 4.63. The summed E-state index contributed by atoms with van der Waals surface area (Å²) in [7, 11) is 0. The zero-order chi connectivity index (χ0) is 12.4. The third kappa shape index (κ3) is 2.50. The van der Waals surface area contributed by atoms with Gasteiger partial charge in [-0.3, -0.25) is 0 Å². The molecule has 2 aromatic rings. The first-order valence-corrected chi connectivity index (χ1v) is 5.54. The number of aromatic nitrogens is 2. The fourth-order valence-corrected chi connectivity index (χ4v) is 1.86. The monoisotopic (exact) mass is 249 g/mol. The van der Waals surface area contributed by atoms with Crippen molar-refractivity contribution in [1.29, 1.82) is 0 Å². The van der Waals surface area contributed by atoms with Crippen LogP contribution >= 0.6 is 12.2 Å². The SMILES string of the molecule is Cc1nccn1Cc1ccc(F)cc1C(N)=S. The molecule has 17 heavy (non-hydrogen) atoms. The van der Waals surface area contributed by atoms with Crippen LogP contribution in [0, 0.1) is 12.7 Å². The van der Waals surface area contributed by atoms with Gasteiger partial charge in [0.1, 0.15) is 16.6 Å². The molecule has 0 bridgehead atoms. The van der Waals surface area contributed by atoms with Crippen molar-refractivity contribution in [3.05, 3.63) is 53.4 Å². The molecule has 0 fully saturated rings. The molecule has 0 atom stereocenters. The highest BCUT2D eigenvalue weighted by Crippen LogP contribution is 2.14. The van der Waals surface area contributed by atoms with Crippen LogP contribution in [0.5, 0.6) is 0 Å². The molecule has 0 unspecified atom stereocenters. The molecule has 1 aromatic carbocycles. The summed E-state index contributed by atoms with van der Waals surface area (Å²) in [5, 5.41) is 0. The van der Waals surface area contributed by atoms with E-state index in [2.05, 4.69) is 4.98 Å². The van der Waals surface area contributed by atoms with Crippen molar-refractivity contribution in [2.75, 3.05) is 0 Å². The van der Waals surface area contributed by atoms with Crippen LogP contribution in [0.3, 0.4) is 0 Å². The second-order valence-corrected chi connectivity index (χ2v) is 4.21.